The number of rotatable bonds is 3. The van der Waals surface area contributed by atoms with E-state index in [9.17, 15) is 0 Å². The molecule has 0 bridgehead atoms. The highest BCUT2D eigenvalue weighted by Gasteiger charge is 2.13. The summed E-state index contributed by atoms with van der Waals surface area (Å²) in [5, 5.41) is 5.39. The second-order valence-corrected chi connectivity index (χ2v) is 4.97. The lowest BCUT2D eigenvalue weighted by atomic mass is 10.2. The largest absolute Gasteiger partial charge is 0.369 e. The van der Waals surface area contributed by atoms with Crippen molar-refractivity contribution in [2.75, 3.05) is 11.9 Å². The maximum Gasteiger partial charge on any atom is 0.153 e. The van der Waals surface area contributed by atoms with Gasteiger partial charge in [0.15, 0.2) is 5.82 Å². The highest BCUT2D eigenvalue weighted by Crippen LogP contribution is 2.32. The first-order valence-electron chi connectivity index (χ1n) is 5.77. The van der Waals surface area contributed by atoms with E-state index in [1.165, 1.54) is 10.4 Å². The van der Waals surface area contributed by atoms with Crippen LogP contribution in [0.5, 0.6) is 0 Å². The SMILES string of the molecule is CCNc1nc(C)c(C)nc1-c1sccc1C. The van der Waals surface area contributed by atoms with Crippen molar-refractivity contribution in [3.8, 4) is 10.6 Å². The number of hydrogen-bond acceptors (Lipinski definition) is 4. The van der Waals surface area contributed by atoms with Gasteiger partial charge in [-0.05, 0) is 44.7 Å². The van der Waals surface area contributed by atoms with Crippen molar-refractivity contribution >= 4 is 17.2 Å². The van der Waals surface area contributed by atoms with Crippen LogP contribution in [0.2, 0.25) is 0 Å². The molecule has 0 amide bonds. The highest BCUT2D eigenvalue weighted by molar-refractivity contribution is 7.13. The van der Waals surface area contributed by atoms with Crippen LogP contribution in [0, 0.1) is 20.8 Å². The molecule has 0 atom stereocenters. The number of anilines is 1. The van der Waals surface area contributed by atoms with Crippen molar-refractivity contribution < 1.29 is 0 Å². The predicted octanol–water partition coefficient (Wildman–Crippen LogP) is 3.56. The van der Waals surface area contributed by atoms with Gasteiger partial charge in [-0.3, -0.25) is 0 Å². The zero-order chi connectivity index (χ0) is 12.4. The summed E-state index contributed by atoms with van der Waals surface area (Å²) in [4.78, 5) is 10.5. The minimum absolute atomic E-state index is 0.856. The van der Waals surface area contributed by atoms with E-state index in [4.69, 9.17) is 0 Å². The molecule has 90 valence electrons. The first kappa shape index (κ1) is 12.0. The summed E-state index contributed by atoms with van der Waals surface area (Å²) in [6, 6.07) is 2.12. The average molecular weight is 247 g/mol. The van der Waals surface area contributed by atoms with Crippen LogP contribution in [0.25, 0.3) is 10.6 Å². The fraction of sp³-hybridized carbons (Fsp3) is 0.385. The zero-order valence-corrected chi connectivity index (χ0v) is 11.5. The Balaban J connectivity index is 2.59. The Morgan fingerprint density at radius 1 is 1.18 bits per heavy atom. The molecule has 4 heteroatoms. The maximum atomic E-state index is 4.68. The van der Waals surface area contributed by atoms with E-state index in [2.05, 4.69) is 40.6 Å². The molecule has 0 spiro atoms. The van der Waals surface area contributed by atoms with Gasteiger partial charge in [0.2, 0.25) is 0 Å². The molecule has 0 aliphatic carbocycles. The number of thiophene rings is 1. The quantitative estimate of drug-likeness (QED) is 0.901. The first-order valence-corrected chi connectivity index (χ1v) is 6.65. The van der Waals surface area contributed by atoms with Crippen LogP contribution < -0.4 is 5.32 Å². The van der Waals surface area contributed by atoms with Crippen LogP contribution in [0.15, 0.2) is 11.4 Å². The zero-order valence-electron chi connectivity index (χ0n) is 10.7. The van der Waals surface area contributed by atoms with E-state index in [0.29, 0.717) is 0 Å². The second-order valence-electron chi connectivity index (χ2n) is 4.05. The Bertz CT molecular complexity index is 531. The fourth-order valence-corrected chi connectivity index (χ4v) is 2.58. The predicted molar refractivity (Wildman–Crippen MR) is 73.7 cm³/mol. The van der Waals surface area contributed by atoms with Gasteiger partial charge in [0.05, 0.1) is 16.3 Å². The standard InChI is InChI=1S/C13H17N3S/c1-5-14-13-11(12-8(2)6-7-17-12)15-9(3)10(4)16-13/h6-7H,5H2,1-4H3,(H,14,16). The number of nitrogens with one attached hydrogen (secondary N) is 1. The van der Waals surface area contributed by atoms with Crippen molar-refractivity contribution in [1.29, 1.82) is 0 Å². The Hall–Kier alpha value is -1.42. The van der Waals surface area contributed by atoms with Crippen molar-refractivity contribution in [1.82, 2.24) is 9.97 Å². The highest BCUT2D eigenvalue weighted by atomic mass is 32.1. The number of aryl methyl sites for hydroxylation is 3. The van der Waals surface area contributed by atoms with Crippen LogP contribution >= 0.6 is 11.3 Å². The molecule has 0 fully saturated rings. The van der Waals surface area contributed by atoms with E-state index in [-0.39, 0.29) is 0 Å². The number of aromatic nitrogens is 2. The van der Waals surface area contributed by atoms with Gasteiger partial charge < -0.3 is 5.32 Å². The van der Waals surface area contributed by atoms with Gasteiger partial charge in [-0.25, -0.2) is 9.97 Å². The molecule has 0 aliphatic heterocycles. The summed E-state index contributed by atoms with van der Waals surface area (Å²) >= 11 is 1.71. The Morgan fingerprint density at radius 2 is 1.88 bits per heavy atom. The van der Waals surface area contributed by atoms with Crippen LogP contribution in [0.3, 0.4) is 0 Å². The van der Waals surface area contributed by atoms with Crippen molar-refractivity contribution in [2.45, 2.75) is 27.7 Å². The molecular formula is C13H17N3S. The van der Waals surface area contributed by atoms with Gasteiger partial charge in [-0.15, -0.1) is 11.3 Å². The summed E-state index contributed by atoms with van der Waals surface area (Å²) in [5.74, 6) is 0.890. The molecule has 17 heavy (non-hydrogen) atoms. The van der Waals surface area contributed by atoms with Gasteiger partial charge >= 0.3 is 0 Å². The van der Waals surface area contributed by atoms with Gasteiger partial charge in [-0.1, -0.05) is 0 Å². The molecule has 2 aromatic heterocycles. The lowest BCUT2D eigenvalue weighted by Gasteiger charge is -2.11. The topological polar surface area (TPSA) is 37.8 Å². The monoisotopic (exact) mass is 247 g/mol. The summed E-state index contributed by atoms with van der Waals surface area (Å²) in [6.45, 7) is 9.04. The fourth-order valence-electron chi connectivity index (χ4n) is 1.67. The van der Waals surface area contributed by atoms with E-state index in [1.54, 1.807) is 11.3 Å². The van der Waals surface area contributed by atoms with Crippen LogP contribution in [-0.4, -0.2) is 16.5 Å². The van der Waals surface area contributed by atoms with Gasteiger partial charge in [0.1, 0.15) is 5.69 Å². The van der Waals surface area contributed by atoms with E-state index < -0.39 is 0 Å². The lowest BCUT2D eigenvalue weighted by molar-refractivity contribution is 1.03. The summed E-state index contributed by atoms with van der Waals surface area (Å²) < 4.78 is 0. The van der Waals surface area contributed by atoms with Crippen LogP contribution in [-0.2, 0) is 0 Å². The molecule has 2 aromatic rings. The summed E-state index contributed by atoms with van der Waals surface area (Å²) in [5.41, 5.74) is 4.21. The van der Waals surface area contributed by atoms with E-state index >= 15 is 0 Å². The lowest BCUT2D eigenvalue weighted by Crippen LogP contribution is -2.06. The third-order valence-electron chi connectivity index (χ3n) is 2.73. The third kappa shape index (κ3) is 2.31. The molecule has 2 heterocycles. The van der Waals surface area contributed by atoms with Crippen LogP contribution in [0.4, 0.5) is 5.82 Å². The molecule has 0 saturated heterocycles. The second kappa shape index (κ2) is 4.84. The maximum absolute atomic E-state index is 4.68. The van der Waals surface area contributed by atoms with Gasteiger partial charge in [0.25, 0.3) is 0 Å². The Morgan fingerprint density at radius 3 is 2.47 bits per heavy atom. The molecule has 3 nitrogen and oxygen atoms in total. The molecule has 0 aliphatic rings. The summed E-state index contributed by atoms with van der Waals surface area (Å²) in [7, 11) is 0. The van der Waals surface area contributed by atoms with Crippen molar-refractivity contribution in [3.63, 3.8) is 0 Å². The molecule has 1 N–H and O–H groups in total. The molecule has 0 unspecified atom stereocenters. The normalized spacial score (nSPS) is 10.6. The molecule has 2 rings (SSSR count). The van der Waals surface area contributed by atoms with E-state index in [1.807, 2.05) is 13.8 Å². The Labute approximate surface area is 106 Å². The van der Waals surface area contributed by atoms with Gasteiger partial charge in [0, 0.05) is 6.54 Å². The first-order chi connectivity index (χ1) is 8.13. The third-order valence-corrected chi connectivity index (χ3v) is 3.75. The molecular weight excluding hydrogens is 230 g/mol. The van der Waals surface area contributed by atoms with Gasteiger partial charge in [-0.2, -0.15) is 0 Å². The number of nitrogens with zero attached hydrogens (tertiary/aromatic N) is 2. The summed E-state index contributed by atoms with van der Waals surface area (Å²) in [6.07, 6.45) is 0. The Kier molecular flexibility index (Phi) is 3.43. The van der Waals surface area contributed by atoms with Crippen molar-refractivity contribution in [3.05, 3.63) is 28.4 Å². The average Bonchev–Trinajstić information content (AvgIpc) is 2.70. The molecule has 0 radical (unpaired) electrons. The number of hydrogen-bond donors (Lipinski definition) is 1. The van der Waals surface area contributed by atoms with E-state index in [0.717, 1.165) is 29.4 Å². The van der Waals surface area contributed by atoms with Crippen LogP contribution in [0.1, 0.15) is 23.9 Å². The minimum atomic E-state index is 0.856. The molecule has 0 aromatic carbocycles. The molecule has 0 saturated carbocycles. The minimum Gasteiger partial charge on any atom is -0.369 e. The smallest absolute Gasteiger partial charge is 0.153 e. The van der Waals surface area contributed by atoms with Crippen molar-refractivity contribution in [2.24, 2.45) is 0 Å².